The largest absolute Gasteiger partial charge is 0.457 e. The number of nitrogens with zero attached hydrogens (tertiary/aromatic N) is 3. The van der Waals surface area contributed by atoms with Crippen molar-refractivity contribution in [2.24, 2.45) is 11.8 Å². The number of carbonyl (C=O) groups is 3. The van der Waals surface area contributed by atoms with E-state index in [-0.39, 0.29) is 43.8 Å². The lowest BCUT2D eigenvalue weighted by Gasteiger charge is -2.36. The summed E-state index contributed by atoms with van der Waals surface area (Å²) in [6, 6.07) is 0. The molecule has 0 bridgehead atoms. The number of hydrogen-bond donors (Lipinski definition) is 2. The Labute approximate surface area is 256 Å². The molecule has 0 aliphatic carbocycles. The minimum Gasteiger partial charge on any atom is -0.457 e. The molecule has 43 heavy (non-hydrogen) atoms. The van der Waals surface area contributed by atoms with E-state index in [4.69, 9.17) is 14.2 Å². The number of aliphatic hydroxyl groups is 2. The number of cyclic esters (lactones) is 1. The Morgan fingerprint density at radius 1 is 1.12 bits per heavy atom. The zero-order valence-electron chi connectivity index (χ0n) is 26.4. The van der Waals surface area contributed by atoms with Crippen LogP contribution in [0.5, 0.6) is 0 Å². The highest BCUT2D eigenvalue weighted by Gasteiger charge is 2.36. The quantitative estimate of drug-likeness (QED) is 0.202. The summed E-state index contributed by atoms with van der Waals surface area (Å²) in [5, 5.41) is 21.9. The van der Waals surface area contributed by atoms with Crippen molar-refractivity contribution < 1.29 is 38.8 Å². The van der Waals surface area contributed by atoms with Crippen molar-refractivity contribution in [1.82, 2.24) is 14.7 Å². The molecule has 3 aliphatic rings. The second-order valence-corrected chi connectivity index (χ2v) is 12.5. The lowest BCUT2D eigenvalue weighted by atomic mass is 9.89. The zero-order chi connectivity index (χ0) is 31.6. The fourth-order valence-corrected chi connectivity index (χ4v) is 5.36. The number of likely N-dealkylation sites (tertiary alicyclic amines) is 1. The van der Waals surface area contributed by atoms with Gasteiger partial charge in [-0.1, -0.05) is 38.2 Å². The van der Waals surface area contributed by atoms with Crippen LogP contribution >= 0.6 is 0 Å². The molecule has 242 valence electrons. The van der Waals surface area contributed by atoms with Gasteiger partial charge in [0.25, 0.3) is 0 Å². The monoisotopic (exact) mass is 605 g/mol. The molecule has 0 spiro atoms. The van der Waals surface area contributed by atoms with E-state index in [1.54, 1.807) is 28.9 Å². The maximum atomic E-state index is 13.0. The highest BCUT2D eigenvalue weighted by atomic mass is 16.6. The molecule has 0 aromatic rings. The molecule has 2 amide bonds. The number of likely N-dealkylation sites (N-methyl/N-ethyl adjacent to an activating group) is 1. The lowest BCUT2D eigenvalue weighted by Crippen LogP contribution is -2.50. The molecule has 2 N–H and O–H groups in total. The first-order chi connectivity index (χ1) is 20.4. The standard InChI is InChI=1S/C32H51N3O8/c1-23(22-41-30(38)34-15-6-7-16-34)9-8-10-24(2)29-25(3)11-12-27(42-31(39)35-19-17-33(5)18-20-35)32(4,40)14-13-26(36)21-28(37)43-29/h8-12,23,25-27,29,36,40H,6-7,13-22H2,1-5H3/b9-8+,12-11+,24-10+/t23-,25+,26+,27+,29-,32-/m1/s1. The molecule has 11 heteroatoms. The van der Waals surface area contributed by atoms with Gasteiger partial charge in [-0.05, 0) is 58.2 Å². The Morgan fingerprint density at radius 2 is 1.77 bits per heavy atom. The summed E-state index contributed by atoms with van der Waals surface area (Å²) in [5.41, 5.74) is -0.688. The van der Waals surface area contributed by atoms with E-state index >= 15 is 0 Å². The van der Waals surface area contributed by atoms with E-state index in [2.05, 4.69) is 4.90 Å². The molecule has 3 aliphatic heterocycles. The van der Waals surface area contributed by atoms with Gasteiger partial charge in [-0.2, -0.15) is 0 Å². The van der Waals surface area contributed by atoms with Crippen molar-refractivity contribution >= 4 is 18.2 Å². The van der Waals surface area contributed by atoms with Crippen LogP contribution in [0.15, 0.2) is 36.0 Å². The molecular weight excluding hydrogens is 554 g/mol. The summed E-state index contributed by atoms with van der Waals surface area (Å²) in [6.45, 7) is 11.6. The van der Waals surface area contributed by atoms with Crippen molar-refractivity contribution in [3.8, 4) is 0 Å². The Bertz CT molecular complexity index is 1030. The number of hydrogen-bond acceptors (Lipinski definition) is 9. The summed E-state index contributed by atoms with van der Waals surface area (Å²) in [7, 11) is 2.00. The van der Waals surface area contributed by atoms with Crippen molar-refractivity contribution in [1.29, 1.82) is 0 Å². The first-order valence-electron chi connectivity index (χ1n) is 15.5. The summed E-state index contributed by atoms with van der Waals surface area (Å²) >= 11 is 0. The van der Waals surface area contributed by atoms with E-state index in [1.807, 2.05) is 46.0 Å². The zero-order valence-corrected chi connectivity index (χ0v) is 26.4. The fourth-order valence-electron chi connectivity index (χ4n) is 5.36. The number of esters is 1. The van der Waals surface area contributed by atoms with E-state index in [1.165, 1.54) is 0 Å². The van der Waals surface area contributed by atoms with Crippen molar-refractivity contribution in [3.63, 3.8) is 0 Å². The molecule has 3 rings (SSSR count). The van der Waals surface area contributed by atoms with Gasteiger partial charge in [0, 0.05) is 51.1 Å². The Kier molecular flexibility index (Phi) is 13.1. The van der Waals surface area contributed by atoms with Gasteiger partial charge in [-0.25, -0.2) is 9.59 Å². The number of rotatable bonds is 6. The fraction of sp³-hybridized carbons (Fsp3) is 0.719. The summed E-state index contributed by atoms with van der Waals surface area (Å²) in [6.07, 6.45) is 7.76. The van der Waals surface area contributed by atoms with Gasteiger partial charge in [-0.3, -0.25) is 4.79 Å². The summed E-state index contributed by atoms with van der Waals surface area (Å²) in [4.78, 5) is 43.4. The van der Waals surface area contributed by atoms with Crippen LogP contribution in [0.25, 0.3) is 0 Å². The van der Waals surface area contributed by atoms with Gasteiger partial charge in [0.1, 0.15) is 11.7 Å². The van der Waals surface area contributed by atoms with Crippen LogP contribution in [-0.4, -0.2) is 120 Å². The molecule has 11 nitrogen and oxygen atoms in total. The van der Waals surface area contributed by atoms with Crippen LogP contribution in [0.2, 0.25) is 0 Å². The van der Waals surface area contributed by atoms with Crippen LogP contribution in [0.3, 0.4) is 0 Å². The number of aliphatic hydroxyl groups excluding tert-OH is 1. The molecule has 0 aromatic carbocycles. The van der Waals surface area contributed by atoms with Crippen molar-refractivity contribution in [2.75, 3.05) is 52.9 Å². The number of allylic oxidation sites excluding steroid dienone is 2. The topological polar surface area (TPSA) is 129 Å². The number of ether oxygens (including phenoxy) is 3. The van der Waals surface area contributed by atoms with E-state index in [9.17, 15) is 24.6 Å². The first kappa shape index (κ1) is 34.6. The predicted octanol–water partition coefficient (Wildman–Crippen LogP) is 3.51. The minimum atomic E-state index is -1.46. The Balaban J connectivity index is 1.71. The number of amides is 2. The smallest absolute Gasteiger partial charge is 0.410 e. The summed E-state index contributed by atoms with van der Waals surface area (Å²) < 4.78 is 17.1. The van der Waals surface area contributed by atoms with Crippen LogP contribution in [0, 0.1) is 11.8 Å². The van der Waals surface area contributed by atoms with Crippen LogP contribution in [-0.2, 0) is 19.0 Å². The van der Waals surface area contributed by atoms with Gasteiger partial charge in [0.2, 0.25) is 0 Å². The van der Waals surface area contributed by atoms with E-state index in [0.717, 1.165) is 44.6 Å². The second-order valence-electron chi connectivity index (χ2n) is 12.5. The molecule has 2 saturated heterocycles. The third kappa shape index (κ3) is 11.0. The van der Waals surface area contributed by atoms with Gasteiger partial charge in [0.15, 0.2) is 6.10 Å². The summed E-state index contributed by atoms with van der Waals surface area (Å²) in [5.74, 6) is -0.875. The normalized spacial score (nSPS) is 31.6. The molecule has 2 fully saturated rings. The number of carbonyl (C=O) groups excluding carboxylic acids is 3. The minimum absolute atomic E-state index is 0.0140. The SMILES string of the molecule is C/C(=C\C=C\[C@@H](C)COC(=O)N1CCCC1)[C@H]1OC(=O)C[C@@H](O)CC[C@@](C)(O)[C@@H](OC(=O)N2CCN(C)CC2)/C=C/[C@@H]1C. The molecule has 6 atom stereocenters. The third-order valence-electron chi connectivity index (χ3n) is 8.40. The lowest BCUT2D eigenvalue weighted by molar-refractivity contribution is -0.151. The molecular formula is C32H51N3O8. The molecule has 0 aromatic heterocycles. The second kappa shape index (κ2) is 16.3. The third-order valence-corrected chi connectivity index (χ3v) is 8.40. The van der Waals surface area contributed by atoms with Crippen LogP contribution < -0.4 is 0 Å². The maximum absolute atomic E-state index is 13.0. The average molecular weight is 606 g/mol. The highest BCUT2D eigenvalue weighted by molar-refractivity contribution is 5.70. The van der Waals surface area contributed by atoms with E-state index in [0.29, 0.717) is 13.1 Å². The number of piperazine rings is 1. The molecule has 0 saturated carbocycles. The average Bonchev–Trinajstić information content (AvgIpc) is 3.50. The van der Waals surface area contributed by atoms with Gasteiger partial charge >= 0.3 is 18.2 Å². The maximum Gasteiger partial charge on any atom is 0.410 e. The van der Waals surface area contributed by atoms with Crippen LogP contribution in [0.1, 0.15) is 59.8 Å². The Morgan fingerprint density at radius 3 is 2.44 bits per heavy atom. The van der Waals surface area contributed by atoms with Gasteiger partial charge < -0.3 is 39.1 Å². The molecule has 3 heterocycles. The molecule has 0 unspecified atom stereocenters. The van der Waals surface area contributed by atoms with Crippen molar-refractivity contribution in [3.05, 3.63) is 36.0 Å². The van der Waals surface area contributed by atoms with E-state index < -0.39 is 36.0 Å². The first-order valence-corrected chi connectivity index (χ1v) is 15.5. The van der Waals surface area contributed by atoms with Gasteiger partial charge in [-0.15, -0.1) is 0 Å². The highest BCUT2D eigenvalue weighted by Crippen LogP contribution is 2.27. The van der Waals surface area contributed by atoms with Crippen LogP contribution in [0.4, 0.5) is 9.59 Å². The van der Waals surface area contributed by atoms with Crippen molar-refractivity contribution in [2.45, 2.75) is 83.7 Å². The predicted molar refractivity (Wildman–Crippen MR) is 162 cm³/mol. The van der Waals surface area contributed by atoms with Gasteiger partial charge in [0.05, 0.1) is 19.1 Å². The molecule has 0 radical (unpaired) electrons. The Hall–Kier alpha value is -2.89.